The Labute approximate surface area is 234 Å². The molecule has 2 unspecified atom stereocenters. The molecule has 1 aromatic heterocycles. The predicted octanol–water partition coefficient (Wildman–Crippen LogP) is 5.85. The second-order valence-corrected chi connectivity index (χ2v) is 11.0. The van der Waals surface area contributed by atoms with E-state index in [9.17, 15) is 13.6 Å². The highest BCUT2D eigenvalue weighted by atomic mass is 127. The largest absolute Gasteiger partial charge is 0.755 e. The summed E-state index contributed by atoms with van der Waals surface area (Å²) in [6.45, 7) is 2.36. The highest BCUT2D eigenvalue weighted by molar-refractivity contribution is 14.1. The zero-order chi connectivity index (χ0) is 25.7. The van der Waals surface area contributed by atoms with Crippen molar-refractivity contribution in [3.05, 3.63) is 104 Å². The number of nitrogens with zero attached hydrogens (tertiary/aromatic N) is 3. The average molecular weight is 652 g/mol. The topological polar surface area (TPSA) is 98.2 Å². The number of hydrogen-bond donors (Lipinski definition) is 1. The average Bonchev–Trinajstić information content (AvgIpc) is 3.30. The van der Waals surface area contributed by atoms with E-state index in [-0.39, 0.29) is 28.9 Å². The molecular formula is C25H21ClIN4O3S2-. The van der Waals surface area contributed by atoms with Crippen LogP contribution in [0.2, 0.25) is 5.02 Å². The minimum atomic E-state index is -2.74. The fraction of sp³-hybridized carbons (Fsp3) is 0.160. The summed E-state index contributed by atoms with van der Waals surface area (Å²) in [5.74, 6) is -0.170. The van der Waals surface area contributed by atoms with Crippen molar-refractivity contribution >= 4 is 74.6 Å². The Morgan fingerprint density at radius 3 is 2.56 bits per heavy atom. The van der Waals surface area contributed by atoms with Crippen LogP contribution in [0.15, 0.2) is 72.8 Å². The van der Waals surface area contributed by atoms with E-state index in [1.807, 2.05) is 61.5 Å². The summed E-state index contributed by atoms with van der Waals surface area (Å²) in [5.41, 5.74) is 2.95. The molecule has 1 N–H and O–H groups in total. The molecule has 4 rings (SSSR count). The molecule has 0 spiro atoms. The summed E-state index contributed by atoms with van der Waals surface area (Å²) in [6.07, 6.45) is 0.407. The predicted molar refractivity (Wildman–Crippen MR) is 152 cm³/mol. The van der Waals surface area contributed by atoms with Crippen molar-refractivity contribution < 1.29 is 13.6 Å². The van der Waals surface area contributed by atoms with E-state index in [1.54, 1.807) is 18.2 Å². The molecule has 0 saturated heterocycles. The van der Waals surface area contributed by atoms with Crippen molar-refractivity contribution in [1.82, 2.24) is 14.1 Å². The quantitative estimate of drug-likeness (QED) is 0.181. The molecule has 0 radical (unpaired) electrons. The third-order valence-electron chi connectivity index (χ3n) is 5.52. The molecule has 1 amide bonds. The number of anilines is 2. The number of carbonyl (C=O) groups is 1. The molecule has 36 heavy (non-hydrogen) atoms. The molecular weight excluding hydrogens is 631 g/mol. The van der Waals surface area contributed by atoms with Crippen LogP contribution in [-0.4, -0.2) is 30.0 Å². The minimum Gasteiger partial charge on any atom is -0.755 e. The zero-order valence-electron chi connectivity index (χ0n) is 19.1. The van der Waals surface area contributed by atoms with Gasteiger partial charge in [0.05, 0.1) is 34.2 Å². The van der Waals surface area contributed by atoms with Gasteiger partial charge in [-0.2, -0.15) is 8.75 Å². The molecule has 0 saturated carbocycles. The molecule has 0 aliphatic heterocycles. The Balaban J connectivity index is 1.62. The van der Waals surface area contributed by atoms with Crippen LogP contribution in [0.4, 0.5) is 11.5 Å². The Morgan fingerprint density at radius 2 is 1.86 bits per heavy atom. The van der Waals surface area contributed by atoms with Crippen LogP contribution in [0.25, 0.3) is 0 Å². The van der Waals surface area contributed by atoms with E-state index >= 15 is 0 Å². The van der Waals surface area contributed by atoms with Gasteiger partial charge in [-0.1, -0.05) is 61.0 Å². The van der Waals surface area contributed by atoms with Crippen molar-refractivity contribution in [1.29, 1.82) is 0 Å². The first-order valence-electron chi connectivity index (χ1n) is 10.9. The second kappa shape index (κ2) is 12.2. The monoisotopic (exact) mass is 651 g/mol. The molecule has 7 nitrogen and oxygen atoms in total. The van der Waals surface area contributed by atoms with Gasteiger partial charge in [0.2, 0.25) is 0 Å². The number of benzene rings is 3. The second-order valence-electron chi connectivity index (χ2n) is 8.03. The highest BCUT2D eigenvalue weighted by Gasteiger charge is 2.25. The maximum absolute atomic E-state index is 13.2. The van der Waals surface area contributed by atoms with Gasteiger partial charge >= 0.3 is 0 Å². The number of hydrogen-bond acceptors (Lipinski definition) is 6. The number of halogens is 2. The van der Waals surface area contributed by atoms with Crippen LogP contribution < -0.4 is 9.62 Å². The van der Waals surface area contributed by atoms with E-state index in [0.29, 0.717) is 23.7 Å². The zero-order valence-corrected chi connectivity index (χ0v) is 23.6. The Morgan fingerprint density at radius 1 is 1.14 bits per heavy atom. The van der Waals surface area contributed by atoms with Crippen LogP contribution in [0, 0.1) is 3.57 Å². The van der Waals surface area contributed by atoms with Crippen molar-refractivity contribution in [2.75, 3.05) is 10.8 Å². The Hall–Kier alpha value is -2.38. The standard InChI is InChI=1S/C25H22ClIN4O3S2/c1-16(18-7-9-19(26)10-8-18)15-28-25(32)21-12-11-20(27)14-23(21)31(36(33)34)24-22(29-35-30-24)13-17-5-3-2-4-6-17/h2-12,14,16H,13,15H2,1H3,(H,28,32)(H,33,34)/p-1. The third kappa shape index (κ3) is 6.48. The Kier molecular flexibility index (Phi) is 9.07. The summed E-state index contributed by atoms with van der Waals surface area (Å²) in [5, 5.41) is 3.58. The van der Waals surface area contributed by atoms with Crippen LogP contribution in [-0.2, 0) is 17.7 Å². The van der Waals surface area contributed by atoms with Crippen LogP contribution >= 0.6 is 45.9 Å². The molecule has 3 aromatic carbocycles. The lowest BCUT2D eigenvalue weighted by Gasteiger charge is -2.27. The molecule has 11 heteroatoms. The van der Waals surface area contributed by atoms with Gasteiger partial charge < -0.3 is 9.87 Å². The van der Waals surface area contributed by atoms with E-state index in [4.69, 9.17) is 11.6 Å². The SMILES string of the molecule is CC(CNC(=O)c1ccc(I)cc1N(c1nsnc1Cc1ccccc1)S(=O)[O-])c1ccc(Cl)cc1. The summed E-state index contributed by atoms with van der Waals surface area (Å²) in [7, 11) is 0. The maximum atomic E-state index is 13.2. The maximum Gasteiger partial charge on any atom is 0.253 e. The van der Waals surface area contributed by atoms with Gasteiger partial charge in [-0.05, 0) is 70.0 Å². The summed E-state index contributed by atoms with van der Waals surface area (Å²) >= 11 is 6.25. The molecule has 0 fully saturated rings. The van der Waals surface area contributed by atoms with Crippen LogP contribution in [0.1, 0.15) is 40.0 Å². The summed E-state index contributed by atoms with van der Waals surface area (Å²) in [6, 6.07) is 22.1. The van der Waals surface area contributed by atoms with E-state index in [1.165, 1.54) is 0 Å². The molecule has 4 aromatic rings. The molecule has 2 atom stereocenters. The first-order chi connectivity index (χ1) is 17.3. The normalized spacial score (nSPS) is 12.7. The number of rotatable bonds is 9. The first-order valence-corrected chi connectivity index (χ1v) is 14.1. The molecule has 1 heterocycles. The molecule has 0 bridgehead atoms. The number of amides is 1. The van der Waals surface area contributed by atoms with Gasteiger partial charge in [-0.25, -0.2) is 0 Å². The number of nitrogens with one attached hydrogen (secondary N) is 1. The summed E-state index contributed by atoms with van der Waals surface area (Å²) in [4.78, 5) is 13.2. The third-order valence-corrected chi connectivity index (χ3v) is 7.67. The van der Waals surface area contributed by atoms with Crippen molar-refractivity contribution in [3.63, 3.8) is 0 Å². The van der Waals surface area contributed by atoms with E-state index in [2.05, 4.69) is 36.7 Å². The number of carbonyl (C=O) groups excluding carboxylic acids is 1. The highest BCUT2D eigenvalue weighted by Crippen LogP contribution is 2.33. The van der Waals surface area contributed by atoms with Gasteiger partial charge in [0.25, 0.3) is 5.91 Å². The molecule has 186 valence electrons. The van der Waals surface area contributed by atoms with Gasteiger partial charge in [-0.3, -0.25) is 13.3 Å². The Bertz CT molecular complexity index is 1370. The van der Waals surface area contributed by atoms with Gasteiger partial charge in [0, 0.05) is 21.6 Å². The lowest BCUT2D eigenvalue weighted by Crippen LogP contribution is -2.30. The van der Waals surface area contributed by atoms with Crippen LogP contribution in [0.5, 0.6) is 0 Å². The first kappa shape index (κ1) is 26.7. The van der Waals surface area contributed by atoms with Gasteiger partial charge in [0.15, 0.2) is 5.82 Å². The molecule has 0 aliphatic carbocycles. The van der Waals surface area contributed by atoms with Crippen molar-refractivity contribution in [3.8, 4) is 0 Å². The van der Waals surface area contributed by atoms with Crippen LogP contribution in [0.3, 0.4) is 0 Å². The lowest BCUT2D eigenvalue weighted by atomic mass is 10.0. The minimum absolute atomic E-state index is 0.0310. The van der Waals surface area contributed by atoms with Gasteiger partial charge in [-0.15, -0.1) is 0 Å². The fourth-order valence-electron chi connectivity index (χ4n) is 3.64. The van der Waals surface area contributed by atoms with Gasteiger partial charge in [0.1, 0.15) is 5.69 Å². The van der Waals surface area contributed by atoms with Crippen molar-refractivity contribution in [2.45, 2.75) is 19.3 Å². The summed E-state index contributed by atoms with van der Waals surface area (Å²) < 4.78 is 35.4. The van der Waals surface area contributed by atoms with E-state index in [0.717, 1.165) is 30.7 Å². The molecule has 0 aliphatic rings. The number of aromatic nitrogens is 2. The van der Waals surface area contributed by atoms with Crippen molar-refractivity contribution in [2.24, 2.45) is 0 Å². The smallest absolute Gasteiger partial charge is 0.253 e. The lowest BCUT2D eigenvalue weighted by molar-refractivity contribution is 0.0952. The van der Waals surface area contributed by atoms with E-state index < -0.39 is 11.3 Å². The fourth-order valence-corrected chi connectivity index (χ4v) is 5.44.